The number of alkyl halides is 3. The minimum atomic E-state index is -4.47. The number of carbonyl (C=O) groups excluding carboxylic acids is 1. The van der Waals surface area contributed by atoms with Crippen LogP contribution >= 0.6 is 0 Å². The summed E-state index contributed by atoms with van der Waals surface area (Å²) in [6.45, 7) is 0.333. The van der Waals surface area contributed by atoms with Crippen LogP contribution in [0.3, 0.4) is 0 Å². The third-order valence-corrected chi connectivity index (χ3v) is 3.84. The lowest BCUT2D eigenvalue weighted by atomic mass is 10.1. The Labute approximate surface area is 155 Å². The molecule has 0 aromatic heterocycles. The number of benzene rings is 2. The molecule has 144 valence electrons. The summed E-state index contributed by atoms with van der Waals surface area (Å²) in [5.41, 5.74) is 0.0961. The number of nitrogens with one attached hydrogen (secondary N) is 1. The largest absolute Gasteiger partial charge is 0.493 e. The Bertz CT molecular complexity index is 816. The summed E-state index contributed by atoms with van der Waals surface area (Å²) in [4.78, 5) is 11.9. The van der Waals surface area contributed by atoms with Crippen molar-refractivity contribution in [1.29, 1.82) is 0 Å². The number of amides is 1. The first-order valence-corrected chi connectivity index (χ1v) is 8.18. The van der Waals surface area contributed by atoms with E-state index in [-0.39, 0.29) is 5.56 Å². The summed E-state index contributed by atoms with van der Waals surface area (Å²) in [5.74, 6) is 0.731. The Morgan fingerprint density at radius 2 is 1.78 bits per heavy atom. The zero-order chi connectivity index (χ0) is 19.9. The van der Waals surface area contributed by atoms with Gasteiger partial charge in [-0.2, -0.15) is 13.2 Å². The van der Waals surface area contributed by atoms with Gasteiger partial charge < -0.3 is 14.8 Å². The Balaban J connectivity index is 1.93. The highest BCUT2D eigenvalue weighted by Crippen LogP contribution is 2.32. The van der Waals surface area contributed by atoms with Gasteiger partial charge >= 0.3 is 6.18 Å². The van der Waals surface area contributed by atoms with Crippen LogP contribution in [0.2, 0.25) is 0 Å². The number of carbonyl (C=O) groups is 1. The van der Waals surface area contributed by atoms with Crippen LogP contribution in [-0.2, 0) is 17.4 Å². The molecular formula is C20H20F3NO3. The Morgan fingerprint density at radius 3 is 2.44 bits per heavy atom. The van der Waals surface area contributed by atoms with Gasteiger partial charge in [-0.3, -0.25) is 4.79 Å². The molecule has 1 N–H and O–H groups in total. The second kappa shape index (κ2) is 9.12. The molecule has 7 heteroatoms. The highest BCUT2D eigenvalue weighted by atomic mass is 19.4. The smallest absolute Gasteiger partial charge is 0.416 e. The van der Waals surface area contributed by atoms with Crippen LogP contribution in [0, 0.1) is 0 Å². The molecular weight excluding hydrogens is 359 g/mol. The van der Waals surface area contributed by atoms with E-state index < -0.39 is 17.6 Å². The molecule has 0 radical (unpaired) electrons. The van der Waals surface area contributed by atoms with Crippen LogP contribution < -0.4 is 14.8 Å². The topological polar surface area (TPSA) is 47.6 Å². The predicted molar refractivity (Wildman–Crippen MR) is 96.7 cm³/mol. The lowest BCUT2D eigenvalue weighted by molar-refractivity contribution is -0.137. The van der Waals surface area contributed by atoms with Gasteiger partial charge in [-0.05, 0) is 41.8 Å². The molecule has 2 rings (SSSR count). The summed E-state index contributed by atoms with van der Waals surface area (Å²) >= 11 is 0. The summed E-state index contributed by atoms with van der Waals surface area (Å²) in [5, 5.41) is 2.65. The van der Waals surface area contributed by atoms with Crippen molar-refractivity contribution in [2.24, 2.45) is 0 Å². The number of methoxy groups -OCH3 is 2. The lowest BCUT2D eigenvalue weighted by Crippen LogP contribution is -2.23. The van der Waals surface area contributed by atoms with E-state index in [1.165, 1.54) is 25.3 Å². The van der Waals surface area contributed by atoms with Crippen molar-refractivity contribution in [3.63, 3.8) is 0 Å². The van der Waals surface area contributed by atoms with Crippen LogP contribution in [-0.4, -0.2) is 26.7 Å². The van der Waals surface area contributed by atoms with Crippen molar-refractivity contribution in [1.82, 2.24) is 5.32 Å². The Hall–Kier alpha value is -2.96. The van der Waals surface area contributed by atoms with Crippen molar-refractivity contribution < 1.29 is 27.4 Å². The summed E-state index contributed by atoms with van der Waals surface area (Å²) in [7, 11) is 3.08. The lowest BCUT2D eigenvalue weighted by Gasteiger charge is -2.10. The van der Waals surface area contributed by atoms with Gasteiger partial charge in [-0.1, -0.05) is 24.3 Å². The van der Waals surface area contributed by atoms with Crippen LogP contribution in [0.15, 0.2) is 48.5 Å². The van der Waals surface area contributed by atoms with Gasteiger partial charge in [-0.25, -0.2) is 0 Å². The van der Waals surface area contributed by atoms with Crippen molar-refractivity contribution in [3.8, 4) is 11.5 Å². The van der Waals surface area contributed by atoms with E-state index in [4.69, 9.17) is 9.47 Å². The van der Waals surface area contributed by atoms with Crippen LogP contribution in [0.25, 0.3) is 6.08 Å². The molecule has 0 aliphatic heterocycles. The first-order chi connectivity index (χ1) is 12.8. The van der Waals surface area contributed by atoms with Gasteiger partial charge in [0.05, 0.1) is 19.8 Å². The van der Waals surface area contributed by atoms with Gasteiger partial charge in [0.25, 0.3) is 0 Å². The van der Waals surface area contributed by atoms with Crippen LogP contribution in [0.5, 0.6) is 11.5 Å². The molecule has 0 aliphatic carbocycles. The maximum atomic E-state index is 12.9. The maximum absolute atomic E-state index is 12.9. The quantitative estimate of drug-likeness (QED) is 0.737. The third kappa shape index (κ3) is 5.77. The number of hydrogen-bond donors (Lipinski definition) is 1. The maximum Gasteiger partial charge on any atom is 0.416 e. The molecule has 1 amide bonds. The summed E-state index contributed by atoms with van der Waals surface area (Å²) < 4.78 is 49.1. The average Bonchev–Trinajstić information content (AvgIpc) is 2.65. The van der Waals surface area contributed by atoms with Crippen LogP contribution in [0.1, 0.15) is 16.7 Å². The van der Waals surface area contributed by atoms with Gasteiger partial charge in [0.1, 0.15) is 0 Å². The minimum absolute atomic E-state index is 0.0555. The van der Waals surface area contributed by atoms with E-state index in [1.54, 1.807) is 19.2 Å². The molecule has 0 atom stereocenters. The molecule has 4 nitrogen and oxygen atoms in total. The zero-order valence-corrected chi connectivity index (χ0v) is 15.0. The molecule has 0 saturated carbocycles. The van der Waals surface area contributed by atoms with E-state index in [9.17, 15) is 18.0 Å². The minimum Gasteiger partial charge on any atom is -0.493 e. The molecule has 0 bridgehead atoms. The number of hydrogen-bond acceptors (Lipinski definition) is 3. The Kier molecular flexibility index (Phi) is 6.87. The summed E-state index contributed by atoms with van der Waals surface area (Å²) in [6.07, 6.45) is -1.67. The highest BCUT2D eigenvalue weighted by molar-refractivity contribution is 5.91. The van der Waals surface area contributed by atoms with E-state index >= 15 is 0 Å². The zero-order valence-electron chi connectivity index (χ0n) is 15.0. The van der Waals surface area contributed by atoms with E-state index in [0.717, 1.165) is 23.8 Å². The fraction of sp³-hybridized carbons (Fsp3) is 0.250. The number of halogens is 3. The molecule has 0 heterocycles. The normalized spacial score (nSPS) is 11.4. The fourth-order valence-electron chi connectivity index (χ4n) is 2.49. The van der Waals surface area contributed by atoms with Gasteiger partial charge in [0.15, 0.2) is 11.5 Å². The highest BCUT2D eigenvalue weighted by Gasteiger charge is 2.32. The van der Waals surface area contributed by atoms with Crippen molar-refractivity contribution in [2.45, 2.75) is 12.6 Å². The summed E-state index contributed by atoms with van der Waals surface area (Å²) in [6, 6.07) is 10.5. The number of ether oxygens (including phenoxy) is 2. The van der Waals surface area contributed by atoms with Crippen molar-refractivity contribution in [2.75, 3.05) is 20.8 Å². The molecule has 0 saturated heterocycles. The average molecular weight is 379 g/mol. The van der Waals surface area contributed by atoms with Gasteiger partial charge in [-0.15, -0.1) is 0 Å². The molecule has 0 spiro atoms. The predicted octanol–water partition coefficient (Wildman–Crippen LogP) is 4.09. The Morgan fingerprint density at radius 1 is 1.07 bits per heavy atom. The first kappa shape index (κ1) is 20.4. The molecule has 0 aliphatic rings. The first-order valence-electron chi connectivity index (χ1n) is 8.18. The molecule has 0 fully saturated rings. The monoisotopic (exact) mass is 379 g/mol. The second-order valence-electron chi connectivity index (χ2n) is 5.65. The van der Waals surface area contributed by atoms with Crippen molar-refractivity contribution >= 4 is 12.0 Å². The molecule has 2 aromatic carbocycles. The van der Waals surface area contributed by atoms with Gasteiger partial charge in [0.2, 0.25) is 5.91 Å². The van der Waals surface area contributed by atoms with Gasteiger partial charge in [0, 0.05) is 12.6 Å². The standard InChI is InChI=1S/C20H20F3NO3/c1-26-17-9-7-14(13-18(17)27-2)11-12-24-19(25)10-8-15-5-3-4-6-16(15)20(21,22)23/h3-10,13H,11-12H2,1-2H3,(H,24,25)/b10-8+. The number of rotatable bonds is 7. The van der Waals surface area contributed by atoms with Crippen LogP contribution in [0.4, 0.5) is 13.2 Å². The van der Waals surface area contributed by atoms with Crippen molar-refractivity contribution in [3.05, 3.63) is 65.2 Å². The molecule has 2 aromatic rings. The second-order valence-corrected chi connectivity index (χ2v) is 5.65. The third-order valence-electron chi connectivity index (χ3n) is 3.84. The SMILES string of the molecule is COc1ccc(CCNC(=O)/C=C/c2ccccc2C(F)(F)F)cc1OC. The van der Waals surface area contributed by atoms with E-state index in [0.29, 0.717) is 24.5 Å². The van der Waals surface area contributed by atoms with E-state index in [1.807, 2.05) is 6.07 Å². The van der Waals surface area contributed by atoms with E-state index in [2.05, 4.69) is 5.32 Å². The fourth-order valence-corrected chi connectivity index (χ4v) is 2.49. The molecule has 0 unspecified atom stereocenters. The molecule has 27 heavy (non-hydrogen) atoms.